The Morgan fingerprint density at radius 2 is 1.52 bits per heavy atom. The van der Waals surface area contributed by atoms with Crippen LogP contribution < -0.4 is 27.4 Å². The predicted molar refractivity (Wildman–Crippen MR) is 121 cm³/mol. The monoisotopic (exact) mass is 493 g/mol. The van der Waals surface area contributed by atoms with E-state index >= 15 is 0 Å². The first kappa shape index (κ1) is 30.6. The second kappa shape index (κ2) is 16.2. The molecule has 0 fully saturated rings. The fraction of sp³-hybridized carbons (Fsp3) is 0.737. The van der Waals surface area contributed by atoms with Crippen molar-refractivity contribution in [2.45, 2.75) is 69.3 Å². The van der Waals surface area contributed by atoms with Crippen molar-refractivity contribution in [1.29, 1.82) is 0 Å². The van der Waals surface area contributed by atoms with Crippen LogP contribution in [0.4, 0.5) is 0 Å². The highest BCUT2D eigenvalue weighted by Crippen LogP contribution is 2.06. The van der Waals surface area contributed by atoms with Crippen molar-refractivity contribution in [2.75, 3.05) is 18.6 Å². The SMILES string of the molecule is CSCCC(NC(=O)C(CCCCN)NC(=O)C(NC(=O)C(N)CC(=O)O)C(C)O)C(=O)O. The van der Waals surface area contributed by atoms with Crippen molar-refractivity contribution in [1.82, 2.24) is 16.0 Å². The van der Waals surface area contributed by atoms with Crippen LogP contribution in [0.2, 0.25) is 0 Å². The van der Waals surface area contributed by atoms with Gasteiger partial charge in [0.25, 0.3) is 0 Å². The standard InChI is InChI=1S/C19H35N5O8S/c1-10(25)15(24-16(28)11(21)9-14(26)27)18(30)22-12(5-3-4-7-20)17(29)23-13(19(31)32)6-8-33-2/h10-13,15,25H,3-9,20-21H2,1-2H3,(H,22,30)(H,23,29)(H,24,28)(H,26,27)(H,31,32). The zero-order valence-electron chi connectivity index (χ0n) is 18.8. The van der Waals surface area contributed by atoms with Gasteiger partial charge in [-0.05, 0) is 51.2 Å². The summed E-state index contributed by atoms with van der Waals surface area (Å²) >= 11 is 1.42. The van der Waals surface area contributed by atoms with E-state index in [4.69, 9.17) is 16.6 Å². The van der Waals surface area contributed by atoms with Gasteiger partial charge in [0.15, 0.2) is 0 Å². The van der Waals surface area contributed by atoms with E-state index < -0.39 is 66.4 Å². The fourth-order valence-electron chi connectivity index (χ4n) is 2.73. The quantitative estimate of drug-likeness (QED) is 0.0993. The van der Waals surface area contributed by atoms with Crippen LogP contribution >= 0.6 is 11.8 Å². The molecule has 0 aliphatic heterocycles. The number of carbonyl (C=O) groups excluding carboxylic acids is 3. The number of thioether (sulfide) groups is 1. The number of nitrogens with two attached hydrogens (primary N) is 2. The Kier molecular flexibility index (Phi) is 15.0. The van der Waals surface area contributed by atoms with Crippen LogP contribution in [0.25, 0.3) is 0 Å². The topological polar surface area (TPSA) is 234 Å². The summed E-state index contributed by atoms with van der Waals surface area (Å²) in [5, 5.41) is 35.0. The molecule has 10 N–H and O–H groups in total. The number of amides is 3. The summed E-state index contributed by atoms with van der Waals surface area (Å²) < 4.78 is 0. The van der Waals surface area contributed by atoms with E-state index in [-0.39, 0.29) is 12.8 Å². The molecule has 0 heterocycles. The average Bonchev–Trinajstić information content (AvgIpc) is 2.72. The first-order valence-electron chi connectivity index (χ1n) is 10.4. The Balaban J connectivity index is 5.41. The smallest absolute Gasteiger partial charge is 0.326 e. The number of aliphatic carboxylic acids is 2. The van der Waals surface area contributed by atoms with Gasteiger partial charge in [0.1, 0.15) is 18.1 Å². The second-order valence-electron chi connectivity index (χ2n) is 7.46. The Bertz CT molecular complexity index is 679. The van der Waals surface area contributed by atoms with Crippen LogP contribution in [-0.4, -0.2) is 93.8 Å². The summed E-state index contributed by atoms with van der Waals surface area (Å²) in [5.41, 5.74) is 11.0. The summed E-state index contributed by atoms with van der Waals surface area (Å²) in [6.07, 6.45) is 1.04. The number of carboxylic acids is 2. The number of carboxylic acid groups (broad SMARTS) is 2. The minimum atomic E-state index is -1.52. The maximum Gasteiger partial charge on any atom is 0.326 e. The van der Waals surface area contributed by atoms with Crippen molar-refractivity contribution in [3.05, 3.63) is 0 Å². The Hall–Kier alpha value is -2.42. The lowest BCUT2D eigenvalue weighted by Crippen LogP contribution is -2.59. The number of aliphatic hydroxyl groups excluding tert-OH is 1. The molecule has 5 atom stereocenters. The molecular formula is C19H35N5O8S. The van der Waals surface area contributed by atoms with Gasteiger partial charge in [-0.15, -0.1) is 0 Å². The number of hydrogen-bond donors (Lipinski definition) is 8. The Labute approximate surface area is 196 Å². The molecule has 0 aliphatic carbocycles. The molecule has 0 spiro atoms. The average molecular weight is 494 g/mol. The van der Waals surface area contributed by atoms with Crippen LogP contribution in [0.3, 0.4) is 0 Å². The minimum absolute atomic E-state index is 0.142. The maximum absolute atomic E-state index is 12.7. The van der Waals surface area contributed by atoms with Crippen LogP contribution in [0.5, 0.6) is 0 Å². The normalized spacial score (nSPS) is 15.4. The molecule has 0 aromatic heterocycles. The van der Waals surface area contributed by atoms with E-state index in [0.29, 0.717) is 25.1 Å². The van der Waals surface area contributed by atoms with E-state index in [0.717, 1.165) is 0 Å². The number of rotatable bonds is 17. The molecule has 0 aliphatic rings. The number of aliphatic hydroxyl groups is 1. The number of carbonyl (C=O) groups is 5. The first-order chi connectivity index (χ1) is 15.4. The van der Waals surface area contributed by atoms with Gasteiger partial charge in [-0.1, -0.05) is 0 Å². The summed E-state index contributed by atoms with van der Waals surface area (Å²) in [5.74, 6) is -4.65. The fourth-order valence-corrected chi connectivity index (χ4v) is 3.21. The van der Waals surface area contributed by atoms with E-state index in [9.17, 15) is 34.2 Å². The third-order valence-electron chi connectivity index (χ3n) is 4.60. The van der Waals surface area contributed by atoms with Crippen LogP contribution in [0, 0.1) is 0 Å². The summed E-state index contributed by atoms with van der Waals surface area (Å²) in [6.45, 7) is 1.57. The molecule has 3 amide bonds. The van der Waals surface area contributed by atoms with Gasteiger partial charge in [-0.2, -0.15) is 11.8 Å². The van der Waals surface area contributed by atoms with Gasteiger partial charge in [-0.3, -0.25) is 19.2 Å². The summed E-state index contributed by atoms with van der Waals surface area (Å²) in [4.78, 5) is 59.7. The zero-order chi connectivity index (χ0) is 25.6. The lowest BCUT2D eigenvalue weighted by molar-refractivity contribution is -0.142. The molecule has 0 aromatic rings. The van der Waals surface area contributed by atoms with Crippen molar-refractivity contribution in [3.8, 4) is 0 Å². The highest BCUT2D eigenvalue weighted by atomic mass is 32.2. The summed E-state index contributed by atoms with van der Waals surface area (Å²) in [7, 11) is 0. The summed E-state index contributed by atoms with van der Waals surface area (Å²) in [6, 6.07) is -5.27. The number of hydrogen-bond acceptors (Lipinski definition) is 9. The lowest BCUT2D eigenvalue weighted by atomic mass is 10.1. The number of nitrogens with one attached hydrogen (secondary N) is 3. The van der Waals surface area contributed by atoms with Gasteiger partial charge in [0, 0.05) is 0 Å². The molecule has 0 rings (SSSR count). The van der Waals surface area contributed by atoms with Gasteiger partial charge in [-0.25, -0.2) is 4.79 Å². The molecule has 13 nitrogen and oxygen atoms in total. The Morgan fingerprint density at radius 3 is 2.00 bits per heavy atom. The third kappa shape index (κ3) is 12.4. The van der Waals surface area contributed by atoms with E-state index in [1.54, 1.807) is 6.26 Å². The molecule has 0 saturated carbocycles. The van der Waals surface area contributed by atoms with Gasteiger partial charge >= 0.3 is 11.9 Å². The lowest BCUT2D eigenvalue weighted by Gasteiger charge is -2.26. The van der Waals surface area contributed by atoms with Crippen molar-refractivity contribution < 1.29 is 39.3 Å². The van der Waals surface area contributed by atoms with Gasteiger partial charge in [0.05, 0.1) is 18.6 Å². The van der Waals surface area contributed by atoms with Crippen LogP contribution in [0.1, 0.15) is 39.0 Å². The van der Waals surface area contributed by atoms with E-state index in [1.165, 1.54) is 18.7 Å². The van der Waals surface area contributed by atoms with Crippen molar-refractivity contribution in [3.63, 3.8) is 0 Å². The largest absolute Gasteiger partial charge is 0.481 e. The molecular weight excluding hydrogens is 458 g/mol. The highest BCUT2D eigenvalue weighted by molar-refractivity contribution is 7.98. The molecule has 0 aromatic carbocycles. The molecule has 33 heavy (non-hydrogen) atoms. The molecule has 5 unspecified atom stereocenters. The molecule has 0 radical (unpaired) electrons. The van der Waals surface area contributed by atoms with Crippen molar-refractivity contribution in [2.24, 2.45) is 11.5 Å². The van der Waals surface area contributed by atoms with Gasteiger partial charge in [0.2, 0.25) is 17.7 Å². The third-order valence-corrected chi connectivity index (χ3v) is 5.24. The van der Waals surface area contributed by atoms with Crippen molar-refractivity contribution >= 4 is 41.4 Å². The molecule has 0 bridgehead atoms. The molecule has 0 saturated heterocycles. The van der Waals surface area contributed by atoms with E-state index in [2.05, 4.69) is 16.0 Å². The van der Waals surface area contributed by atoms with E-state index in [1.807, 2.05) is 0 Å². The zero-order valence-corrected chi connectivity index (χ0v) is 19.6. The molecule has 14 heteroatoms. The predicted octanol–water partition coefficient (Wildman–Crippen LogP) is -2.41. The highest BCUT2D eigenvalue weighted by Gasteiger charge is 2.32. The maximum atomic E-state index is 12.7. The Morgan fingerprint density at radius 1 is 0.909 bits per heavy atom. The first-order valence-corrected chi connectivity index (χ1v) is 11.8. The van der Waals surface area contributed by atoms with Crippen LogP contribution in [-0.2, 0) is 24.0 Å². The molecule has 190 valence electrons. The van der Waals surface area contributed by atoms with Crippen LogP contribution in [0.15, 0.2) is 0 Å². The minimum Gasteiger partial charge on any atom is -0.481 e. The number of unbranched alkanes of at least 4 members (excludes halogenated alkanes) is 1. The van der Waals surface area contributed by atoms with Gasteiger partial charge < -0.3 is 42.7 Å². The second-order valence-corrected chi connectivity index (χ2v) is 8.44.